The number of aliphatic hydroxyl groups excluding tert-OH is 1. The molecule has 112 valence electrons. The number of hydrogen-bond donors (Lipinski definition) is 2. The Bertz CT molecular complexity index is 376. The second-order valence-electron chi connectivity index (χ2n) is 6.54. The molecule has 0 bridgehead atoms. The van der Waals surface area contributed by atoms with E-state index in [2.05, 4.69) is 19.2 Å². The molecule has 3 atom stereocenters. The number of benzene rings is 1. The minimum absolute atomic E-state index is 0.389. The third-order valence-corrected chi connectivity index (χ3v) is 4.74. The average molecular weight is 275 g/mol. The molecule has 0 heterocycles. The molecule has 0 amide bonds. The first-order valence-electron chi connectivity index (χ1n) is 8.13. The fourth-order valence-corrected chi connectivity index (χ4v) is 3.27. The van der Waals surface area contributed by atoms with E-state index in [4.69, 9.17) is 0 Å². The van der Waals surface area contributed by atoms with Crippen LogP contribution < -0.4 is 5.32 Å². The van der Waals surface area contributed by atoms with Gasteiger partial charge in [0, 0.05) is 12.6 Å². The second-order valence-corrected chi connectivity index (χ2v) is 6.54. The monoisotopic (exact) mass is 275 g/mol. The van der Waals surface area contributed by atoms with Crippen molar-refractivity contribution in [2.24, 2.45) is 11.8 Å². The van der Waals surface area contributed by atoms with Crippen LogP contribution in [0.5, 0.6) is 0 Å². The summed E-state index contributed by atoms with van der Waals surface area (Å²) in [4.78, 5) is 0. The van der Waals surface area contributed by atoms with Crippen LogP contribution in [0.25, 0.3) is 0 Å². The van der Waals surface area contributed by atoms with E-state index in [0.717, 1.165) is 17.4 Å². The van der Waals surface area contributed by atoms with Crippen LogP contribution in [-0.2, 0) is 0 Å². The molecule has 2 rings (SSSR count). The molecule has 20 heavy (non-hydrogen) atoms. The summed E-state index contributed by atoms with van der Waals surface area (Å²) < 4.78 is 0. The molecular formula is C18H29NO. The normalized spacial score (nSPS) is 25.4. The smallest absolute Gasteiger partial charge is 0.0914 e. The first-order chi connectivity index (χ1) is 9.66. The van der Waals surface area contributed by atoms with E-state index in [9.17, 15) is 5.11 Å². The van der Waals surface area contributed by atoms with E-state index < -0.39 is 0 Å². The predicted octanol–water partition coefficient (Wildman–Crippen LogP) is 3.91. The predicted molar refractivity (Wildman–Crippen MR) is 84.6 cm³/mol. The van der Waals surface area contributed by atoms with Crippen LogP contribution in [0.15, 0.2) is 30.3 Å². The van der Waals surface area contributed by atoms with Gasteiger partial charge in [-0.15, -0.1) is 0 Å². The molecule has 3 unspecified atom stereocenters. The first kappa shape index (κ1) is 15.5. The lowest BCUT2D eigenvalue weighted by molar-refractivity contribution is 0.168. The molecular weight excluding hydrogens is 246 g/mol. The van der Waals surface area contributed by atoms with Gasteiger partial charge in [0.05, 0.1) is 6.10 Å². The number of hydrogen-bond acceptors (Lipinski definition) is 2. The molecule has 1 fully saturated rings. The van der Waals surface area contributed by atoms with E-state index in [0.29, 0.717) is 12.6 Å². The molecule has 0 radical (unpaired) electrons. The second kappa shape index (κ2) is 7.80. The maximum atomic E-state index is 10.2. The van der Waals surface area contributed by atoms with Gasteiger partial charge in [-0.2, -0.15) is 0 Å². The average Bonchev–Trinajstić information content (AvgIpc) is 2.71. The Labute approximate surface area is 123 Å². The SMILES string of the molecule is CC(C)C1CCCC(NCC(O)c2ccccc2)CC1. The highest BCUT2D eigenvalue weighted by atomic mass is 16.3. The Morgan fingerprint density at radius 3 is 2.55 bits per heavy atom. The molecule has 2 heteroatoms. The van der Waals surface area contributed by atoms with Gasteiger partial charge in [0.15, 0.2) is 0 Å². The molecule has 0 saturated heterocycles. The molecule has 1 aliphatic rings. The zero-order chi connectivity index (χ0) is 14.4. The van der Waals surface area contributed by atoms with Crippen LogP contribution in [0.2, 0.25) is 0 Å². The summed E-state index contributed by atoms with van der Waals surface area (Å²) in [6, 6.07) is 10.5. The van der Waals surface area contributed by atoms with E-state index in [-0.39, 0.29) is 6.10 Å². The maximum Gasteiger partial charge on any atom is 0.0914 e. The maximum absolute atomic E-state index is 10.2. The van der Waals surface area contributed by atoms with Gasteiger partial charge in [-0.25, -0.2) is 0 Å². The third kappa shape index (κ3) is 4.60. The Kier molecular flexibility index (Phi) is 6.06. The molecule has 0 aromatic heterocycles. The fourth-order valence-electron chi connectivity index (χ4n) is 3.27. The van der Waals surface area contributed by atoms with E-state index in [1.807, 2.05) is 30.3 Å². The van der Waals surface area contributed by atoms with Crippen molar-refractivity contribution >= 4 is 0 Å². The van der Waals surface area contributed by atoms with Crippen LogP contribution in [0.3, 0.4) is 0 Å². The van der Waals surface area contributed by atoms with Crippen LogP contribution in [0.1, 0.15) is 57.6 Å². The van der Waals surface area contributed by atoms with Gasteiger partial charge in [-0.1, -0.05) is 57.0 Å². The Morgan fingerprint density at radius 1 is 1.10 bits per heavy atom. The highest BCUT2D eigenvalue weighted by Crippen LogP contribution is 2.28. The van der Waals surface area contributed by atoms with Gasteiger partial charge in [-0.3, -0.25) is 0 Å². The lowest BCUT2D eigenvalue weighted by Crippen LogP contribution is -2.32. The highest BCUT2D eigenvalue weighted by molar-refractivity contribution is 5.17. The summed E-state index contributed by atoms with van der Waals surface area (Å²) in [5, 5.41) is 13.8. The van der Waals surface area contributed by atoms with Crippen LogP contribution in [-0.4, -0.2) is 17.7 Å². The van der Waals surface area contributed by atoms with Gasteiger partial charge in [0.2, 0.25) is 0 Å². The Balaban J connectivity index is 1.77. The molecule has 2 N–H and O–H groups in total. The molecule has 1 aromatic carbocycles. The quantitative estimate of drug-likeness (QED) is 0.798. The van der Waals surface area contributed by atoms with E-state index in [1.54, 1.807) is 0 Å². The van der Waals surface area contributed by atoms with Gasteiger partial charge in [-0.05, 0) is 36.7 Å². The van der Waals surface area contributed by atoms with Crippen LogP contribution in [0.4, 0.5) is 0 Å². The van der Waals surface area contributed by atoms with Crippen molar-refractivity contribution in [1.29, 1.82) is 0 Å². The fraction of sp³-hybridized carbons (Fsp3) is 0.667. The zero-order valence-corrected chi connectivity index (χ0v) is 12.9. The lowest BCUT2D eigenvalue weighted by atomic mass is 9.89. The lowest BCUT2D eigenvalue weighted by Gasteiger charge is -2.20. The Hall–Kier alpha value is -0.860. The molecule has 0 spiro atoms. The molecule has 0 aliphatic heterocycles. The summed E-state index contributed by atoms with van der Waals surface area (Å²) in [5.74, 6) is 1.70. The Morgan fingerprint density at radius 2 is 1.85 bits per heavy atom. The van der Waals surface area contributed by atoms with Crippen molar-refractivity contribution in [1.82, 2.24) is 5.32 Å². The standard InChI is InChI=1S/C18H29NO/c1-14(2)15-9-6-10-17(12-11-15)19-13-18(20)16-7-4-3-5-8-16/h3-5,7-8,14-15,17-20H,6,9-13H2,1-2H3. The first-order valence-corrected chi connectivity index (χ1v) is 8.13. The number of aliphatic hydroxyl groups is 1. The summed E-state index contributed by atoms with van der Waals surface area (Å²) in [6.07, 6.45) is 6.14. The minimum atomic E-state index is -0.389. The van der Waals surface area contributed by atoms with Crippen molar-refractivity contribution in [2.45, 2.75) is 58.1 Å². The molecule has 1 aliphatic carbocycles. The number of rotatable bonds is 5. The van der Waals surface area contributed by atoms with Crippen molar-refractivity contribution in [3.63, 3.8) is 0 Å². The molecule has 2 nitrogen and oxygen atoms in total. The van der Waals surface area contributed by atoms with Crippen LogP contribution in [0, 0.1) is 11.8 Å². The van der Waals surface area contributed by atoms with Gasteiger partial charge >= 0.3 is 0 Å². The van der Waals surface area contributed by atoms with E-state index >= 15 is 0 Å². The van der Waals surface area contributed by atoms with E-state index in [1.165, 1.54) is 32.1 Å². The van der Waals surface area contributed by atoms with Gasteiger partial charge in [0.25, 0.3) is 0 Å². The zero-order valence-electron chi connectivity index (χ0n) is 12.9. The topological polar surface area (TPSA) is 32.3 Å². The minimum Gasteiger partial charge on any atom is -0.387 e. The largest absolute Gasteiger partial charge is 0.387 e. The molecule has 1 saturated carbocycles. The van der Waals surface area contributed by atoms with Crippen molar-refractivity contribution < 1.29 is 5.11 Å². The highest BCUT2D eigenvalue weighted by Gasteiger charge is 2.21. The summed E-state index contributed by atoms with van der Waals surface area (Å²) in [5.41, 5.74) is 1.01. The van der Waals surface area contributed by atoms with Crippen molar-refractivity contribution in [2.75, 3.05) is 6.54 Å². The number of nitrogens with one attached hydrogen (secondary N) is 1. The van der Waals surface area contributed by atoms with Crippen LogP contribution >= 0.6 is 0 Å². The third-order valence-electron chi connectivity index (χ3n) is 4.74. The van der Waals surface area contributed by atoms with Gasteiger partial charge in [0.1, 0.15) is 0 Å². The summed E-state index contributed by atoms with van der Waals surface area (Å²) in [7, 11) is 0. The molecule has 1 aromatic rings. The summed E-state index contributed by atoms with van der Waals surface area (Å²) in [6.45, 7) is 5.36. The summed E-state index contributed by atoms with van der Waals surface area (Å²) >= 11 is 0. The van der Waals surface area contributed by atoms with Crippen molar-refractivity contribution in [3.05, 3.63) is 35.9 Å². The van der Waals surface area contributed by atoms with Gasteiger partial charge < -0.3 is 10.4 Å². The van der Waals surface area contributed by atoms with Crippen molar-refractivity contribution in [3.8, 4) is 0 Å².